The summed E-state index contributed by atoms with van der Waals surface area (Å²) in [6.07, 6.45) is -0.568. The van der Waals surface area contributed by atoms with E-state index in [0.717, 1.165) is 0 Å². The zero-order valence-corrected chi connectivity index (χ0v) is 35.1. The van der Waals surface area contributed by atoms with Crippen molar-refractivity contribution in [1.82, 2.24) is 14.6 Å². The number of aromatic nitrogens is 1. The van der Waals surface area contributed by atoms with Crippen molar-refractivity contribution in [1.29, 1.82) is 0 Å². The third-order valence-corrected chi connectivity index (χ3v) is 14.7. The molecule has 7 atom stereocenters. The molecule has 12 nitrogen and oxygen atoms in total. The number of sulfonamides is 1. The summed E-state index contributed by atoms with van der Waals surface area (Å²) in [5.74, 6) is -6.69. The Labute approximate surface area is 346 Å². The molecule has 0 spiro atoms. The van der Waals surface area contributed by atoms with E-state index < -0.39 is 111 Å². The van der Waals surface area contributed by atoms with E-state index in [0.29, 0.717) is 38.5 Å². The van der Waals surface area contributed by atoms with Crippen LogP contribution in [-0.4, -0.2) is 90.4 Å². The van der Waals surface area contributed by atoms with Crippen LogP contribution in [-0.2, 0) is 33.9 Å². The number of rotatable bonds is 11. The molecule has 1 N–H and O–H groups in total. The molecular weight excluding hydrogens is 818 g/mol. The molecule has 3 fully saturated rings. The lowest BCUT2D eigenvalue weighted by Crippen LogP contribution is -2.49. The van der Waals surface area contributed by atoms with Crippen molar-refractivity contribution in [2.45, 2.75) is 121 Å². The fourth-order valence-corrected chi connectivity index (χ4v) is 9.91. The minimum Gasteiger partial charge on any atom is -0.491 e. The first-order valence-corrected chi connectivity index (χ1v) is 21.8. The van der Waals surface area contributed by atoms with Gasteiger partial charge in [0.25, 0.3) is 0 Å². The van der Waals surface area contributed by atoms with Gasteiger partial charge in [0.2, 0.25) is 33.3 Å². The first kappa shape index (κ1) is 45.2. The molecule has 18 heteroatoms. The minimum atomic E-state index is -4.91. The maximum atomic E-state index is 15.1. The molecule has 3 heterocycles. The van der Waals surface area contributed by atoms with Gasteiger partial charge in [0.1, 0.15) is 17.5 Å². The summed E-state index contributed by atoms with van der Waals surface area (Å²) in [6.45, 7) is 5.51. The number of Topliss-reactive ketones (excluding diaryl/α,β-unsaturated/α-hetero) is 1. The van der Waals surface area contributed by atoms with Crippen LogP contribution in [0.1, 0.15) is 92.4 Å². The van der Waals surface area contributed by atoms with Gasteiger partial charge in [0, 0.05) is 24.4 Å². The largest absolute Gasteiger partial charge is 0.491 e. The average Bonchev–Trinajstić information content (AvgIpc) is 4.06. The second kappa shape index (κ2) is 16.8. The van der Waals surface area contributed by atoms with Gasteiger partial charge in [-0.2, -0.15) is 13.2 Å². The Hall–Kier alpha value is -4.35. The van der Waals surface area contributed by atoms with Crippen LogP contribution in [0.15, 0.2) is 36.5 Å². The minimum absolute atomic E-state index is 0.00715. The molecular formula is C42H52F5N3O9S. The maximum absolute atomic E-state index is 15.1. The lowest BCUT2D eigenvalue weighted by atomic mass is 9.82. The predicted octanol–water partition coefficient (Wildman–Crippen LogP) is 6.94. The van der Waals surface area contributed by atoms with Crippen molar-refractivity contribution in [3.05, 3.63) is 42.4 Å². The van der Waals surface area contributed by atoms with Crippen molar-refractivity contribution in [3.8, 4) is 11.6 Å². The summed E-state index contributed by atoms with van der Waals surface area (Å²) in [6, 6.07) is 2.98. The number of nitrogens with one attached hydrogen (secondary N) is 1. The fourth-order valence-electron chi connectivity index (χ4n) is 8.47. The summed E-state index contributed by atoms with van der Waals surface area (Å²) in [5.41, 5.74) is -4.40. The third kappa shape index (κ3) is 9.13. The zero-order valence-electron chi connectivity index (χ0n) is 34.3. The monoisotopic (exact) mass is 869 g/mol. The smallest absolute Gasteiger partial charge is 0.427 e. The molecule has 0 radical (unpaired) electrons. The van der Waals surface area contributed by atoms with E-state index in [2.05, 4.69) is 9.71 Å². The molecule has 2 amide bonds. The SMILES string of the molecule is CCOc1cc2ccnc(O[C@@H]3C[C@H]4C(=O)C[C@]5(C(=O)NS(=O)(=O)C6(CF)CC6)C[C@H]5/C=C\CC[C@@H](C)C[C@@H](C)[C@H](CC(=O)OC(C)(C)C(F)(F)F)C(=O)N4C3)c2cc1F. The van der Waals surface area contributed by atoms with E-state index in [4.69, 9.17) is 14.2 Å². The van der Waals surface area contributed by atoms with Crippen LogP contribution in [0.2, 0.25) is 0 Å². The molecule has 0 bridgehead atoms. The van der Waals surface area contributed by atoms with Gasteiger partial charge in [-0.15, -0.1) is 0 Å². The van der Waals surface area contributed by atoms with Gasteiger partial charge in [0.05, 0.1) is 36.9 Å². The maximum Gasteiger partial charge on any atom is 0.427 e. The van der Waals surface area contributed by atoms with E-state index in [1.807, 2.05) is 13.0 Å². The molecule has 2 saturated carbocycles. The van der Waals surface area contributed by atoms with Crippen molar-refractivity contribution in [3.63, 3.8) is 0 Å². The van der Waals surface area contributed by atoms with E-state index in [1.54, 1.807) is 26.0 Å². The molecule has 1 aromatic heterocycles. The summed E-state index contributed by atoms with van der Waals surface area (Å²) in [7, 11) is -4.44. The predicted molar refractivity (Wildman–Crippen MR) is 208 cm³/mol. The van der Waals surface area contributed by atoms with Gasteiger partial charge in [-0.05, 0) is 101 Å². The van der Waals surface area contributed by atoms with Crippen LogP contribution in [0.3, 0.4) is 0 Å². The molecule has 0 unspecified atom stereocenters. The van der Waals surface area contributed by atoms with Crippen LogP contribution in [0, 0.1) is 34.9 Å². The van der Waals surface area contributed by atoms with E-state index in [-0.39, 0.29) is 61.8 Å². The Bertz CT molecular complexity index is 2140. The lowest BCUT2D eigenvalue weighted by Gasteiger charge is -2.33. The number of esters is 1. The molecule has 4 aliphatic rings. The van der Waals surface area contributed by atoms with Crippen LogP contribution >= 0.6 is 0 Å². The van der Waals surface area contributed by atoms with Crippen LogP contribution in [0.5, 0.6) is 11.6 Å². The van der Waals surface area contributed by atoms with Crippen LogP contribution in [0.25, 0.3) is 10.8 Å². The number of carbonyl (C=O) groups excluding carboxylic acids is 4. The fraction of sp³-hybridized carbons (Fsp3) is 0.643. The van der Waals surface area contributed by atoms with Crippen molar-refractivity contribution in [2.75, 3.05) is 19.8 Å². The van der Waals surface area contributed by atoms with Gasteiger partial charge in [-0.1, -0.05) is 26.0 Å². The molecule has 330 valence electrons. The number of hydrogen-bond donors (Lipinski definition) is 1. The number of nitrogens with zero attached hydrogens (tertiary/aromatic N) is 2. The summed E-state index contributed by atoms with van der Waals surface area (Å²) in [4.78, 5) is 62.2. The van der Waals surface area contributed by atoms with E-state index >= 15 is 4.39 Å². The number of ketones is 1. The standard InChI is InChI=1S/C42H52F5N3O9S/c1-6-57-34-16-26-11-14-48-36(30(26)18-31(34)44)58-28-17-32-33(51)21-41(38(54)49-60(55,56)40(23-43)12-13-40)20-27(41)10-8-7-9-24(2)15-25(3)29(37(53)50(32)22-28)19-35(52)59-39(4,5)42(45,46)47/h8,10-11,14,16,18,24-25,27-29,32H,6-7,9,12-13,15,17,19-23H2,1-5H3,(H,49,54)/b10-8-/t24-,25-,27-,28-,29+,32+,41-/m1/s1. The van der Waals surface area contributed by atoms with Crippen molar-refractivity contribution < 1.29 is 63.8 Å². The third-order valence-electron chi connectivity index (χ3n) is 12.6. The number of ether oxygens (including phenoxy) is 3. The highest BCUT2D eigenvalue weighted by Crippen LogP contribution is 2.58. The normalized spacial score (nSPS) is 29.1. The number of alkyl halides is 4. The van der Waals surface area contributed by atoms with Gasteiger partial charge >= 0.3 is 12.1 Å². The molecule has 6 rings (SSSR count). The second-order valence-corrected chi connectivity index (χ2v) is 19.6. The molecule has 1 saturated heterocycles. The molecule has 60 heavy (non-hydrogen) atoms. The Balaban J connectivity index is 1.36. The quantitative estimate of drug-likeness (QED) is 0.143. The van der Waals surface area contributed by atoms with E-state index in [9.17, 15) is 45.2 Å². The zero-order chi connectivity index (χ0) is 44.0. The topological polar surface area (TPSA) is 158 Å². The van der Waals surface area contributed by atoms with Gasteiger partial charge < -0.3 is 19.1 Å². The molecule has 2 aliphatic heterocycles. The first-order valence-electron chi connectivity index (χ1n) is 20.4. The number of fused-ring (bicyclic) bond motifs is 3. The number of carbonyl (C=O) groups is 4. The number of amides is 2. The van der Waals surface area contributed by atoms with Crippen molar-refractivity contribution >= 4 is 44.4 Å². The second-order valence-electron chi connectivity index (χ2n) is 17.5. The number of hydrogen-bond acceptors (Lipinski definition) is 10. The highest BCUT2D eigenvalue weighted by molar-refractivity contribution is 7.91. The Morgan fingerprint density at radius 3 is 2.47 bits per heavy atom. The number of benzene rings is 1. The Morgan fingerprint density at radius 1 is 1.10 bits per heavy atom. The lowest BCUT2D eigenvalue weighted by molar-refractivity contribution is -0.257. The summed E-state index contributed by atoms with van der Waals surface area (Å²) >= 11 is 0. The van der Waals surface area contributed by atoms with Crippen molar-refractivity contribution in [2.24, 2.45) is 29.1 Å². The van der Waals surface area contributed by atoms with Crippen LogP contribution in [0.4, 0.5) is 22.0 Å². The van der Waals surface area contributed by atoms with Crippen LogP contribution < -0.4 is 14.2 Å². The Kier molecular flexibility index (Phi) is 12.7. The molecule has 2 aromatic rings. The highest BCUT2D eigenvalue weighted by Gasteiger charge is 2.63. The van der Waals surface area contributed by atoms with E-state index in [1.165, 1.54) is 23.2 Å². The van der Waals surface area contributed by atoms with Gasteiger partial charge in [0.15, 0.2) is 17.3 Å². The Morgan fingerprint density at radius 2 is 1.82 bits per heavy atom. The number of pyridine rings is 1. The summed E-state index contributed by atoms with van der Waals surface area (Å²) < 4.78 is 114. The van der Waals surface area contributed by atoms with Gasteiger partial charge in [-0.25, -0.2) is 22.2 Å². The number of allylic oxidation sites excluding steroid dienone is 2. The van der Waals surface area contributed by atoms with Gasteiger partial charge in [-0.3, -0.25) is 23.9 Å². The highest BCUT2D eigenvalue weighted by atomic mass is 32.2. The average molecular weight is 870 g/mol. The summed E-state index contributed by atoms with van der Waals surface area (Å²) in [5, 5.41) is 0.784. The first-order chi connectivity index (χ1) is 28.1. The molecule has 1 aromatic carbocycles. The molecule has 2 aliphatic carbocycles. The number of halogens is 5.